The molecule has 1 fully saturated rings. The maximum Gasteiger partial charge on any atom is 0.274 e. The third-order valence-electron chi connectivity index (χ3n) is 3.23. The summed E-state index contributed by atoms with van der Waals surface area (Å²) in [5.41, 5.74) is 6.42. The van der Waals surface area contributed by atoms with Crippen LogP contribution in [0.5, 0.6) is 0 Å². The minimum Gasteiger partial charge on any atom is -0.396 e. The van der Waals surface area contributed by atoms with Crippen LogP contribution in [0, 0.1) is 5.92 Å². The number of aliphatic hydroxyl groups excluding tert-OH is 1. The molecular weight excluding hydrogens is 220 g/mol. The van der Waals surface area contributed by atoms with Gasteiger partial charge in [0.25, 0.3) is 5.91 Å². The number of aromatic amines is 1. The number of carbonyl (C=O) groups excluding carboxylic acids is 1. The lowest BCUT2D eigenvalue weighted by molar-refractivity contribution is 0.0649. The molecule has 94 valence electrons. The molecule has 1 aromatic rings. The first-order valence-electron chi connectivity index (χ1n) is 5.91. The Morgan fingerprint density at radius 3 is 3.18 bits per heavy atom. The molecule has 1 saturated heterocycles. The van der Waals surface area contributed by atoms with Crippen LogP contribution in [-0.4, -0.2) is 45.8 Å². The number of hydrogen-bond donors (Lipinski definition) is 3. The van der Waals surface area contributed by atoms with E-state index >= 15 is 0 Å². The number of nitrogen functional groups attached to an aromatic ring is 1. The van der Waals surface area contributed by atoms with E-state index in [-0.39, 0.29) is 12.5 Å². The van der Waals surface area contributed by atoms with Gasteiger partial charge in [-0.3, -0.25) is 9.89 Å². The van der Waals surface area contributed by atoms with Crippen molar-refractivity contribution in [3.63, 3.8) is 0 Å². The number of carbonyl (C=O) groups is 1. The van der Waals surface area contributed by atoms with Gasteiger partial charge >= 0.3 is 0 Å². The Labute approximate surface area is 99.8 Å². The van der Waals surface area contributed by atoms with Crippen LogP contribution in [-0.2, 0) is 0 Å². The molecule has 0 radical (unpaired) electrons. The first-order chi connectivity index (χ1) is 8.22. The van der Waals surface area contributed by atoms with E-state index < -0.39 is 0 Å². The lowest BCUT2D eigenvalue weighted by atomic mass is 9.95. The van der Waals surface area contributed by atoms with Gasteiger partial charge in [0.2, 0.25) is 0 Å². The van der Waals surface area contributed by atoms with E-state index in [1.807, 2.05) is 0 Å². The largest absolute Gasteiger partial charge is 0.396 e. The summed E-state index contributed by atoms with van der Waals surface area (Å²) in [5.74, 6) is 0.296. The second-order valence-corrected chi connectivity index (χ2v) is 4.47. The number of aromatic nitrogens is 2. The standard InChI is InChI=1S/C11H18N4O2/c12-9-6-13-14-10(9)11(17)15-4-1-2-8(7-15)3-5-16/h6,8,16H,1-5,7,12H2,(H,13,14). The molecular formula is C11H18N4O2. The van der Waals surface area contributed by atoms with E-state index in [0.717, 1.165) is 25.8 Å². The quantitative estimate of drug-likeness (QED) is 0.702. The second kappa shape index (κ2) is 5.18. The van der Waals surface area contributed by atoms with Crippen LogP contribution in [0.25, 0.3) is 0 Å². The number of piperidine rings is 1. The highest BCUT2D eigenvalue weighted by atomic mass is 16.3. The summed E-state index contributed by atoms with van der Waals surface area (Å²) < 4.78 is 0. The molecule has 0 bridgehead atoms. The molecule has 17 heavy (non-hydrogen) atoms. The summed E-state index contributed by atoms with van der Waals surface area (Å²) >= 11 is 0. The molecule has 2 rings (SSSR count). The lowest BCUT2D eigenvalue weighted by Gasteiger charge is -2.32. The van der Waals surface area contributed by atoms with Gasteiger partial charge < -0.3 is 15.7 Å². The van der Waals surface area contributed by atoms with Gasteiger partial charge in [0.15, 0.2) is 0 Å². The second-order valence-electron chi connectivity index (χ2n) is 4.47. The molecule has 6 nitrogen and oxygen atoms in total. The molecule has 1 aliphatic heterocycles. The number of nitrogens with two attached hydrogens (primary N) is 1. The third-order valence-corrected chi connectivity index (χ3v) is 3.23. The van der Waals surface area contributed by atoms with Crippen molar-refractivity contribution in [2.75, 3.05) is 25.4 Å². The first-order valence-corrected chi connectivity index (χ1v) is 5.91. The van der Waals surface area contributed by atoms with Gasteiger partial charge in [-0.15, -0.1) is 0 Å². The zero-order valence-corrected chi connectivity index (χ0v) is 9.72. The number of nitrogens with one attached hydrogen (secondary N) is 1. The first kappa shape index (κ1) is 11.9. The Morgan fingerprint density at radius 2 is 2.53 bits per heavy atom. The predicted octanol–water partition coefficient (Wildman–Crippen LogP) is 0.226. The van der Waals surface area contributed by atoms with Crippen LogP contribution in [0.1, 0.15) is 29.8 Å². The zero-order chi connectivity index (χ0) is 12.3. The van der Waals surface area contributed by atoms with Crippen molar-refractivity contribution in [1.29, 1.82) is 0 Å². The highest BCUT2D eigenvalue weighted by Gasteiger charge is 2.25. The summed E-state index contributed by atoms with van der Waals surface area (Å²) in [7, 11) is 0. The molecule has 1 unspecified atom stereocenters. The van der Waals surface area contributed by atoms with Crippen molar-refractivity contribution in [1.82, 2.24) is 15.1 Å². The topological polar surface area (TPSA) is 95.2 Å². The molecule has 4 N–H and O–H groups in total. The SMILES string of the molecule is Nc1cn[nH]c1C(=O)N1CCCC(CCO)C1. The number of H-pyrrole nitrogens is 1. The number of rotatable bonds is 3. The molecule has 1 atom stereocenters. The van der Waals surface area contributed by atoms with Gasteiger partial charge in [-0.25, -0.2) is 0 Å². The molecule has 2 heterocycles. The Bertz CT molecular complexity index is 389. The molecule has 0 aliphatic carbocycles. The Morgan fingerprint density at radius 1 is 1.71 bits per heavy atom. The number of aliphatic hydroxyl groups is 1. The van der Waals surface area contributed by atoms with Crippen molar-refractivity contribution in [2.24, 2.45) is 5.92 Å². The number of amides is 1. The van der Waals surface area contributed by atoms with Crippen molar-refractivity contribution in [2.45, 2.75) is 19.3 Å². The van der Waals surface area contributed by atoms with Gasteiger partial charge in [-0.1, -0.05) is 0 Å². The van der Waals surface area contributed by atoms with Gasteiger partial charge in [-0.05, 0) is 25.2 Å². The minimum atomic E-state index is -0.0948. The van der Waals surface area contributed by atoms with E-state index in [0.29, 0.717) is 23.8 Å². The molecule has 0 saturated carbocycles. The molecule has 1 aromatic heterocycles. The van der Waals surface area contributed by atoms with E-state index in [1.54, 1.807) is 4.90 Å². The van der Waals surface area contributed by atoms with Crippen molar-refractivity contribution in [3.8, 4) is 0 Å². The van der Waals surface area contributed by atoms with Gasteiger partial charge in [0.05, 0.1) is 11.9 Å². The number of nitrogens with zero attached hydrogens (tertiary/aromatic N) is 2. The molecule has 6 heteroatoms. The van der Waals surface area contributed by atoms with Crippen molar-refractivity contribution in [3.05, 3.63) is 11.9 Å². The maximum atomic E-state index is 12.1. The summed E-state index contributed by atoms with van der Waals surface area (Å²) in [4.78, 5) is 13.9. The Balaban J connectivity index is 2.02. The average molecular weight is 238 g/mol. The summed E-state index contributed by atoms with van der Waals surface area (Å²) in [6.45, 7) is 1.62. The minimum absolute atomic E-state index is 0.0948. The van der Waals surface area contributed by atoms with Crippen LogP contribution < -0.4 is 5.73 Å². The zero-order valence-electron chi connectivity index (χ0n) is 9.72. The van der Waals surface area contributed by atoms with Crippen molar-refractivity contribution >= 4 is 11.6 Å². The van der Waals surface area contributed by atoms with Gasteiger partial charge in [0.1, 0.15) is 5.69 Å². The third kappa shape index (κ3) is 2.58. The maximum absolute atomic E-state index is 12.1. The van der Waals surface area contributed by atoms with Crippen LogP contribution in [0.4, 0.5) is 5.69 Å². The van der Waals surface area contributed by atoms with Crippen LogP contribution in [0.3, 0.4) is 0 Å². The van der Waals surface area contributed by atoms with Crippen LogP contribution in [0.15, 0.2) is 6.20 Å². The highest BCUT2D eigenvalue weighted by molar-refractivity contribution is 5.97. The normalized spacial score (nSPS) is 20.5. The monoisotopic (exact) mass is 238 g/mol. The fourth-order valence-corrected chi connectivity index (χ4v) is 2.29. The molecule has 0 aromatic carbocycles. The summed E-state index contributed by atoms with van der Waals surface area (Å²) in [5, 5.41) is 15.3. The van der Waals surface area contributed by atoms with Gasteiger partial charge in [0, 0.05) is 19.7 Å². The fourth-order valence-electron chi connectivity index (χ4n) is 2.29. The Kier molecular flexibility index (Phi) is 3.63. The number of hydrogen-bond acceptors (Lipinski definition) is 4. The Hall–Kier alpha value is -1.56. The molecule has 0 spiro atoms. The summed E-state index contributed by atoms with van der Waals surface area (Å²) in [6.07, 6.45) is 4.25. The smallest absolute Gasteiger partial charge is 0.274 e. The van der Waals surface area contributed by atoms with Crippen LogP contribution >= 0.6 is 0 Å². The van der Waals surface area contributed by atoms with E-state index in [9.17, 15) is 4.79 Å². The predicted molar refractivity (Wildman–Crippen MR) is 63.3 cm³/mol. The average Bonchev–Trinajstić information content (AvgIpc) is 2.75. The number of likely N-dealkylation sites (tertiary alicyclic amines) is 1. The molecule has 1 aliphatic rings. The van der Waals surface area contributed by atoms with Gasteiger partial charge in [-0.2, -0.15) is 5.10 Å². The number of anilines is 1. The van der Waals surface area contributed by atoms with E-state index in [2.05, 4.69) is 10.2 Å². The fraction of sp³-hybridized carbons (Fsp3) is 0.636. The highest BCUT2D eigenvalue weighted by Crippen LogP contribution is 2.21. The van der Waals surface area contributed by atoms with E-state index in [1.165, 1.54) is 6.20 Å². The van der Waals surface area contributed by atoms with Crippen molar-refractivity contribution < 1.29 is 9.90 Å². The molecule has 1 amide bonds. The van der Waals surface area contributed by atoms with Crippen LogP contribution in [0.2, 0.25) is 0 Å². The van der Waals surface area contributed by atoms with E-state index in [4.69, 9.17) is 10.8 Å². The summed E-state index contributed by atoms with van der Waals surface area (Å²) in [6, 6.07) is 0. The lowest BCUT2D eigenvalue weighted by Crippen LogP contribution is -2.40.